The Bertz CT molecular complexity index is 915. The van der Waals surface area contributed by atoms with E-state index in [1.54, 1.807) is 0 Å². The molecule has 1 atom stereocenters. The van der Waals surface area contributed by atoms with Crippen molar-refractivity contribution in [2.24, 2.45) is 11.8 Å². The lowest BCUT2D eigenvalue weighted by molar-refractivity contribution is 0.0737. The molecule has 1 unspecified atom stereocenters. The summed E-state index contributed by atoms with van der Waals surface area (Å²) in [5, 5.41) is 3.62. The molecule has 31 heavy (non-hydrogen) atoms. The fraction of sp³-hybridized carbons (Fsp3) is 0.519. The van der Waals surface area contributed by atoms with Gasteiger partial charge < -0.3 is 15.0 Å². The molecule has 0 aliphatic heterocycles. The van der Waals surface area contributed by atoms with E-state index < -0.39 is 0 Å². The number of amides is 1. The molecule has 2 saturated carbocycles. The van der Waals surface area contributed by atoms with E-state index in [4.69, 9.17) is 4.74 Å². The molecule has 0 aromatic heterocycles. The number of ether oxygens (including phenoxy) is 1. The van der Waals surface area contributed by atoms with Crippen molar-refractivity contribution in [1.82, 2.24) is 10.2 Å². The number of likely N-dealkylation sites (N-methyl/N-ethyl adjacent to an activating group) is 1. The molecule has 4 heteroatoms. The first-order valence-electron chi connectivity index (χ1n) is 12.0. The lowest BCUT2D eigenvalue weighted by atomic mass is 9.85. The van der Waals surface area contributed by atoms with Gasteiger partial charge in [0.05, 0.1) is 6.61 Å². The molecule has 2 aromatic rings. The van der Waals surface area contributed by atoms with Gasteiger partial charge in [-0.25, -0.2) is 0 Å². The number of nitrogens with zero attached hydrogens (tertiary/aromatic N) is 1. The van der Waals surface area contributed by atoms with Gasteiger partial charge in [-0.05, 0) is 97.9 Å². The summed E-state index contributed by atoms with van der Waals surface area (Å²) in [6, 6.07) is 14.7. The van der Waals surface area contributed by atoms with E-state index in [1.807, 2.05) is 36.2 Å². The van der Waals surface area contributed by atoms with Crippen molar-refractivity contribution < 1.29 is 9.53 Å². The summed E-state index contributed by atoms with van der Waals surface area (Å²) < 4.78 is 5.80. The molecule has 3 aliphatic carbocycles. The minimum absolute atomic E-state index is 0.0916. The summed E-state index contributed by atoms with van der Waals surface area (Å²) >= 11 is 0. The number of rotatable bonds is 9. The normalized spacial score (nSPS) is 20.2. The minimum atomic E-state index is 0.0916. The van der Waals surface area contributed by atoms with Crippen LogP contribution in [0.1, 0.15) is 59.2 Å². The zero-order chi connectivity index (χ0) is 21.2. The summed E-state index contributed by atoms with van der Waals surface area (Å²) in [6.07, 6.45) is 8.61. The maximum absolute atomic E-state index is 13.1. The van der Waals surface area contributed by atoms with E-state index >= 15 is 0 Å². The van der Waals surface area contributed by atoms with Gasteiger partial charge in [-0.1, -0.05) is 24.6 Å². The molecule has 5 rings (SSSR count). The van der Waals surface area contributed by atoms with Gasteiger partial charge in [-0.2, -0.15) is 0 Å². The van der Waals surface area contributed by atoms with Gasteiger partial charge in [0.1, 0.15) is 5.75 Å². The van der Waals surface area contributed by atoms with Crippen LogP contribution in [-0.4, -0.2) is 37.0 Å². The highest BCUT2D eigenvalue weighted by molar-refractivity contribution is 5.94. The lowest BCUT2D eigenvalue weighted by Crippen LogP contribution is -2.37. The van der Waals surface area contributed by atoms with Crippen LogP contribution in [0.15, 0.2) is 42.5 Å². The molecule has 1 N–H and O–H groups in total. The van der Waals surface area contributed by atoms with Gasteiger partial charge in [-0.15, -0.1) is 0 Å². The first-order chi connectivity index (χ1) is 15.2. The van der Waals surface area contributed by atoms with Gasteiger partial charge in [0.25, 0.3) is 5.91 Å². The summed E-state index contributed by atoms with van der Waals surface area (Å²) in [6.45, 7) is 2.88. The number of carbonyl (C=O) groups is 1. The van der Waals surface area contributed by atoms with E-state index in [0.717, 1.165) is 55.7 Å². The molecule has 0 saturated heterocycles. The predicted octanol–water partition coefficient (Wildman–Crippen LogP) is 4.60. The van der Waals surface area contributed by atoms with Crippen molar-refractivity contribution in [2.45, 2.75) is 57.5 Å². The van der Waals surface area contributed by atoms with Gasteiger partial charge in [0.15, 0.2) is 0 Å². The van der Waals surface area contributed by atoms with Crippen LogP contribution in [-0.2, 0) is 19.4 Å². The summed E-state index contributed by atoms with van der Waals surface area (Å²) in [7, 11) is 1.94. The van der Waals surface area contributed by atoms with Crippen molar-refractivity contribution in [3.63, 3.8) is 0 Å². The molecule has 0 radical (unpaired) electrons. The van der Waals surface area contributed by atoms with E-state index in [0.29, 0.717) is 0 Å². The summed E-state index contributed by atoms with van der Waals surface area (Å²) in [5.74, 6) is 2.57. The molecule has 2 fully saturated rings. The number of hydrogen-bond donors (Lipinski definition) is 1. The Kier molecular flexibility index (Phi) is 5.99. The van der Waals surface area contributed by atoms with Gasteiger partial charge in [-0.3, -0.25) is 4.79 Å². The zero-order valence-corrected chi connectivity index (χ0v) is 18.6. The fourth-order valence-electron chi connectivity index (χ4n) is 4.71. The number of carbonyl (C=O) groups excluding carboxylic acids is 1. The standard InChI is InChI=1S/C27H34N2O2/c1-29(27(30)22-9-11-26(12-10-22)31-18-20-5-6-20)25-14-23-8-7-21(13-24(23)15-25)17-28-16-19-3-2-4-19/h7-13,19-20,25,28H,2-6,14-18H2,1H3. The molecule has 3 aliphatic rings. The van der Waals surface area contributed by atoms with Crippen LogP contribution in [0.2, 0.25) is 0 Å². The van der Waals surface area contributed by atoms with Crippen LogP contribution in [0.4, 0.5) is 0 Å². The molecule has 0 bridgehead atoms. The van der Waals surface area contributed by atoms with Gasteiger partial charge in [0.2, 0.25) is 0 Å². The zero-order valence-electron chi connectivity index (χ0n) is 18.6. The highest BCUT2D eigenvalue weighted by Crippen LogP contribution is 2.30. The molecular weight excluding hydrogens is 384 g/mol. The Morgan fingerprint density at radius 3 is 2.48 bits per heavy atom. The average Bonchev–Trinajstić information content (AvgIpc) is 3.50. The second-order valence-corrected chi connectivity index (χ2v) is 9.79. The average molecular weight is 419 g/mol. The molecule has 2 aromatic carbocycles. The largest absolute Gasteiger partial charge is 0.493 e. The highest BCUT2D eigenvalue weighted by atomic mass is 16.5. The van der Waals surface area contributed by atoms with Crippen molar-refractivity contribution in [3.05, 3.63) is 64.7 Å². The van der Waals surface area contributed by atoms with Gasteiger partial charge in [0, 0.05) is 25.2 Å². The predicted molar refractivity (Wildman–Crippen MR) is 123 cm³/mol. The van der Waals surface area contributed by atoms with Crippen molar-refractivity contribution in [2.75, 3.05) is 20.2 Å². The van der Waals surface area contributed by atoms with E-state index in [-0.39, 0.29) is 11.9 Å². The monoisotopic (exact) mass is 418 g/mol. The summed E-state index contributed by atoms with van der Waals surface area (Å²) in [4.78, 5) is 15.0. The SMILES string of the molecule is CN(C(=O)c1ccc(OCC2CC2)cc1)C1Cc2ccc(CNCC3CCC3)cc2C1. The van der Waals surface area contributed by atoms with Crippen LogP contribution in [0.25, 0.3) is 0 Å². The first-order valence-corrected chi connectivity index (χ1v) is 12.0. The quantitative estimate of drug-likeness (QED) is 0.647. The Morgan fingerprint density at radius 2 is 1.77 bits per heavy atom. The van der Waals surface area contributed by atoms with Crippen molar-refractivity contribution in [1.29, 1.82) is 0 Å². The van der Waals surface area contributed by atoms with E-state index in [2.05, 4.69) is 23.5 Å². The Hall–Kier alpha value is -2.33. The third-order valence-electron chi connectivity index (χ3n) is 7.32. The third kappa shape index (κ3) is 4.95. The van der Waals surface area contributed by atoms with Gasteiger partial charge >= 0.3 is 0 Å². The minimum Gasteiger partial charge on any atom is -0.493 e. The fourth-order valence-corrected chi connectivity index (χ4v) is 4.71. The Morgan fingerprint density at radius 1 is 1.00 bits per heavy atom. The highest BCUT2D eigenvalue weighted by Gasteiger charge is 2.28. The maximum atomic E-state index is 13.1. The Balaban J connectivity index is 1.15. The molecular formula is C27H34N2O2. The molecule has 0 heterocycles. The van der Waals surface area contributed by atoms with Crippen LogP contribution in [0, 0.1) is 11.8 Å². The molecule has 4 nitrogen and oxygen atoms in total. The smallest absolute Gasteiger partial charge is 0.253 e. The van der Waals surface area contributed by atoms with Crippen molar-refractivity contribution >= 4 is 5.91 Å². The lowest BCUT2D eigenvalue weighted by Gasteiger charge is -2.25. The number of fused-ring (bicyclic) bond motifs is 1. The number of hydrogen-bond acceptors (Lipinski definition) is 3. The van der Waals surface area contributed by atoms with Crippen LogP contribution < -0.4 is 10.1 Å². The summed E-state index contributed by atoms with van der Waals surface area (Å²) in [5.41, 5.74) is 4.88. The first kappa shape index (κ1) is 20.6. The van der Waals surface area contributed by atoms with E-state index in [9.17, 15) is 4.79 Å². The maximum Gasteiger partial charge on any atom is 0.253 e. The second kappa shape index (κ2) is 9.04. The number of benzene rings is 2. The third-order valence-corrected chi connectivity index (χ3v) is 7.32. The van der Waals surface area contributed by atoms with Crippen LogP contribution in [0.3, 0.4) is 0 Å². The van der Waals surface area contributed by atoms with Crippen LogP contribution in [0.5, 0.6) is 5.75 Å². The molecule has 164 valence electrons. The molecule has 1 amide bonds. The topological polar surface area (TPSA) is 41.6 Å². The molecule has 0 spiro atoms. The van der Waals surface area contributed by atoms with Crippen molar-refractivity contribution in [3.8, 4) is 5.75 Å². The van der Waals surface area contributed by atoms with E-state index in [1.165, 1.54) is 48.8 Å². The number of nitrogens with one attached hydrogen (secondary N) is 1. The van der Waals surface area contributed by atoms with Crippen LogP contribution >= 0.6 is 0 Å². The second-order valence-electron chi connectivity index (χ2n) is 9.79. The Labute approximate surface area is 186 Å².